The molecule has 1 unspecified atom stereocenters. The summed E-state index contributed by atoms with van der Waals surface area (Å²) < 4.78 is 11.0. The van der Waals surface area contributed by atoms with Gasteiger partial charge in [-0.3, -0.25) is 4.90 Å². The Bertz CT molecular complexity index is 448. The zero-order valence-electron chi connectivity index (χ0n) is 13.7. The van der Waals surface area contributed by atoms with Gasteiger partial charge in [-0.25, -0.2) is 0 Å². The van der Waals surface area contributed by atoms with Crippen molar-refractivity contribution in [3.63, 3.8) is 0 Å². The number of hydrogen-bond donors (Lipinski definition) is 1. The molecule has 1 N–H and O–H groups in total. The highest BCUT2D eigenvalue weighted by Gasteiger charge is 2.22. The summed E-state index contributed by atoms with van der Waals surface area (Å²) >= 11 is 0. The second-order valence-electron chi connectivity index (χ2n) is 6.06. The molecule has 1 aromatic rings. The van der Waals surface area contributed by atoms with Crippen molar-refractivity contribution in [3.8, 4) is 5.75 Å². The maximum Gasteiger partial charge on any atom is 0.123 e. The second kappa shape index (κ2) is 7.78. The summed E-state index contributed by atoms with van der Waals surface area (Å²) in [6.07, 6.45) is 1.50. The van der Waals surface area contributed by atoms with Crippen LogP contribution >= 0.6 is 0 Å². The van der Waals surface area contributed by atoms with Gasteiger partial charge in [-0.05, 0) is 24.1 Å². The number of likely N-dealkylation sites (tertiary alicyclic amines) is 1. The van der Waals surface area contributed by atoms with Crippen LogP contribution in [0.5, 0.6) is 5.75 Å². The van der Waals surface area contributed by atoms with Gasteiger partial charge < -0.3 is 14.8 Å². The zero-order chi connectivity index (χ0) is 15.2. The number of benzene rings is 1. The molecular formula is C17H28N2O2. The van der Waals surface area contributed by atoms with Crippen LogP contribution in [0.3, 0.4) is 0 Å². The van der Waals surface area contributed by atoms with Gasteiger partial charge in [-0.1, -0.05) is 19.9 Å². The Morgan fingerprint density at radius 2 is 2.14 bits per heavy atom. The van der Waals surface area contributed by atoms with Crippen molar-refractivity contribution in [1.29, 1.82) is 0 Å². The monoisotopic (exact) mass is 292 g/mol. The molecular weight excluding hydrogens is 264 g/mol. The topological polar surface area (TPSA) is 33.7 Å². The fourth-order valence-electron chi connectivity index (χ4n) is 2.76. The third-order valence-corrected chi connectivity index (χ3v) is 4.02. The SMILES string of the molecule is COc1ccc(CNC(C)C)cc1CN1CCC(OC)C1. The molecule has 0 radical (unpaired) electrons. The molecule has 0 aliphatic carbocycles. The first-order valence-electron chi connectivity index (χ1n) is 7.76. The highest BCUT2D eigenvalue weighted by atomic mass is 16.5. The van der Waals surface area contributed by atoms with Crippen LogP contribution in [0.1, 0.15) is 31.4 Å². The summed E-state index contributed by atoms with van der Waals surface area (Å²) in [6.45, 7) is 8.26. The van der Waals surface area contributed by atoms with Gasteiger partial charge in [0.25, 0.3) is 0 Å². The van der Waals surface area contributed by atoms with E-state index in [0.29, 0.717) is 12.1 Å². The highest BCUT2D eigenvalue weighted by molar-refractivity contribution is 5.37. The van der Waals surface area contributed by atoms with Crippen molar-refractivity contribution in [2.45, 2.75) is 45.5 Å². The molecule has 1 aliphatic heterocycles. The minimum atomic E-state index is 0.377. The van der Waals surface area contributed by atoms with E-state index >= 15 is 0 Å². The average Bonchev–Trinajstić information content (AvgIpc) is 2.93. The maximum atomic E-state index is 5.51. The first-order chi connectivity index (χ1) is 10.1. The largest absolute Gasteiger partial charge is 0.496 e. The molecule has 0 aromatic heterocycles. The first-order valence-corrected chi connectivity index (χ1v) is 7.76. The normalized spacial score (nSPS) is 19.4. The fraction of sp³-hybridized carbons (Fsp3) is 0.647. The molecule has 1 heterocycles. The van der Waals surface area contributed by atoms with E-state index in [9.17, 15) is 0 Å². The van der Waals surface area contributed by atoms with Crippen LogP contribution in [0.2, 0.25) is 0 Å². The molecule has 0 amide bonds. The molecule has 0 bridgehead atoms. The summed E-state index contributed by atoms with van der Waals surface area (Å²) in [5.74, 6) is 0.976. The Balaban J connectivity index is 2.03. The molecule has 1 atom stereocenters. The molecule has 118 valence electrons. The quantitative estimate of drug-likeness (QED) is 0.837. The van der Waals surface area contributed by atoms with E-state index in [1.165, 1.54) is 11.1 Å². The van der Waals surface area contributed by atoms with E-state index in [4.69, 9.17) is 9.47 Å². The van der Waals surface area contributed by atoms with E-state index in [1.807, 2.05) is 0 Å². The Morgan fingerprint density at radius 1 is 1.33 bits per heavy atom. The predicted octanol–water partition coefficient (Wildman–Crippen LogP) is 2.41. The van der Waals surface area contributed by atoms with Crippen LogP contribution in [0, 0.1) is 0 Å². The lowest BCUT2D eigenvalue weighted by molar-refractivity contribution is 0.107. The Kier molecular flexibility index (Phi) is 6.03. The van der Waals surface area contributed by atoms with Gasteiger partial charge in [-0.2, -0.15) is 0 Å². The number of nitrogens with zero attached hydrogens (tertiary/aromatic N) is 1. The van der Waals surface area contributed by atoms with E-state index in [-0.39, 0.29) is 0 Å². The Labute approximate surface area is 128 Å². The van der Waals surface area contributed by atoms with E-state index in [1.54, 1.807) is 14.2 Å². The average molecular weight is 292 g/mol. The van der Waals surface area contributed by atoms with Crippen LogP contribution in [-0.2, 0) is 17.8 Å². The number of hydrogen-bond acceptors (Lipinski definition) is 4. The third-order valence-electron chi connectivity index (χ3n) is 4.02. The van der Waals surface area contributed by atoms with Gasteiger partial charge in [-0.15, -0.1) is 0 Å². The Morgan fingerprint density at radius 3 is 2.76 bits per heavy atom. The molecule has 1 fully saturated rings. The van der Waals surface area contributed by atoms with Gasteiger partial charge in [0.15, 0.2) is 0 Å². The molecule has 1 aromatic carbocycles. The highest BCUT2D eigenvalue weighted by Crippen LogP contribution is 2.24. The van der Waals surface area contributed by atoms with Gasteiger partial charge in [0.2, 0.25) is 0 Å². The van der Waals surface area contributed by atoms with E-state index in [0.717, 1.165) is 38.3 Å². The number of nitrogens with one attached hydrogen (secondary N) is 1. The van der Waals surface area contributed by atoms with Crippen LogP contribution in [0.25, 0.3) is 0 Å². The minimum Gasteiger partial charge on any atom is -0.496 e. The Hall–Kier alpha value is -1.10. The van der Waals surface area contributed by atoms with Crippen LogP contribution in [0.4, 0.5) is 0 Å². The first kappa shape index (κ1) is 16.3. The summed E-state index contributed by atoms with van der Waals surface area (Å²) in [7, 11) is 3.54. The molecule has 4 heteroatoms. The number of rotatable bonds is 7. The summed E-state index contributed by atoms with van der Waals surface area (Å²) in [4.78, 5) is 2.44. The van der Waals surface area contributed by atoms with Crippen LogP contribution in [-0.4, -0.2) is 44.4 Å². The molecule has 0 saturated carbocycles. The molecule has 0 spiro atoms. The van der Waals surface area contributed by atoms with Gasteiger partial charge in [0.05, 0.1) is 13.2 Å². The van der Waals surface area contributed by atoms with Crippen molar-refractivity contribution in [1.82, 2.24) is 10.2 Å². The second-order valence-corrected chi connectivity index (χ2v) is 6.06. The zero-order valence-corrected chi connectivity index (χ0v) is 13.7. The van der Waals surface area contributed by atoms with Gasteiger partial charge in [0, 0.05) is 44.9 Å². The van der Waals surface area contributed by atoms with Crippen molar-refractivity contribution in [3.05, 3.63) is 29.3 Å². The van der Waals surface area contributed by atoms with Crippen LogP contribution < -0.4 is 10.1 Å². The lowest BCUT2D eigenvalue weighted by Crippen LogP contribution is -2.23. The van der Waals surface area contributed by atoms with Crippen LogP contribution in [0.15, 0.2) is 18.2 Å². The van der Waals surface area contributed by atoms with E-state index in [2.05, 4.69) is 42.3 Å². The lowest BCUT2D eigenvalue weighted by Gasteiger charge is -2.19. The fourth-order valence-corrected chi connectivity index (χ4v) is 2.76. The maximum absolute atomic E-state index is 5.51. The molecule has 1 aliphatic rings. The van der Waals surface area contributed by atoms with Gasteiger partial charge >= 0.3 is 0 Å². The number of ether oxygens (including phenoxy) is 2. The minimum absolute atomic E-state index is 0.377. The summed E-state index contributed by atoms with van der Waals surface area (Å²) in [6, 6.07) is 6.97. The van der Waals surface area contributed by atoms with Crippen molar-refractivity contribution in [2.24, 2.45) is 0 Å². The predicted molar refractivity (Wildman–Crippen MR) is 85.7 cm³/mol. The lowest BCUT2D eigenvalue weighted by atomic mass is 10.1. The van der Waals surface area contributed by atoms with E-state index < -0.39 is 0 Å². The van der Waals surface area contributed by atoms with Gasteiger partial charge in [0.1, 0.15) is 5.75 Å². The molecule has 4 nitrogen and oxygen atoms in total. The summed E-state index contributed by atoms with van der Waals surface area (Å²) in [5, 5.41) is 3.46. The molecule has 21 heavy (non-hydrogen) atoms. The molecule has 2 rings (SSSR count). The summed E-state index contributed by atoms with van der Waals surface area (Å²) in [5.41, 5.74) is 2.57. The third kappa shape index (κ3) is 4.70. The van der Waals surface area contributed by atoms with Crippen molar-refractivity contribution < 1.29 is 9.47 Å². The smallest absolute Gasteiger partial charge is 0.123 e. The number of methoxy groups -OCH3 is 2. The molecule has 1 saturated heterocycles. The van der Waals surface area contributed by atoms with Crippen molar-refractivity contribution >= 4 is 0 Å². The van der Waals surface area contributed by atoms with Crippen molar-refractivity contribution in [2.75, 3.05) is 27.3 Å². The standard InChI is InChI=1S/C17H28N2O2/c1-13(2)18-10-14-5-6-17(21-4)15(9-14)11-19-8-7-16(12-19)20-3/h5-6,9,13,16,18H,7-8,10-12H2,1-4H3.